The van der Waals surface area contributed by atoms with Gasteiger partial charge >= 0.3 is 0 Å². The summed E-state index contributed by atoms with van der Waals surface area (Å²) in [4.78, 5) is 4.68. The van der Waals surface area contributed by atoms with E-state index in [0.29, 0.717) is 5.88 Å². The number of aromatic nitrogens is 2. The van der Waals surface area contributed by atoms with Crippen molar-refractivity contribution in [2.75, 3.05) is 0 Å². The Kier molecular flexibility index (Phi) is 4.23. The number of benzene rings is 1. The molecule has 0 bridgehead atoms. The molecule has 0 spiro atoms. The smallest absolute Gasteiger partial charge is 0.125 e. The van der Waals surface area contributed by atoms with E-state index >= 15 is 0 Å². The fraction of sp³-hybridized carbons (Fsp3) is 0.562. The quantitative estimate of drug-likeness (QED) is 0.643. The van der Waals surface area contributed by atoms with E-state index in [1.54, 1.807) is 0 Å². The van der Waals surface area contributed by atoms with Crippen molar-refractivity contribution in [1.82, 2.24) is 9.55 Å². The highest BCUT2D eigenvalue weighted by Gasteiger charge is 2.30. The van der Waals surface area contributed by atoms with Crippen molar-refractivity contribution in [2.45, 2.75) is 52.5 Å². The number of hydrogen-bond donors (Lipinski definition) is 0. The van der Waals surface area contributed by atoms with E-state index in [1.165, 1.54) is 0 Å². The summed E-state index contributed by atoms with van der Waals surface area (Å²) in [6.07, 6.45) is 1.06. The Labute approximate surface area is 134 Å². The number of halogens is 2. The molecule has 0 N–H and O–H groups in total. The van der Waals surface area contributed by atoms with Gasteiger partial charge in [0.05, 0.1) is 16.9 Å². The molecule has 0 aliphatic carbocycles. The van der Waals surface area contributed by atoms with Crippen molar-refractivity contribution in [3.63, 3.8) is 0 Å². The molecule has 0 saturated carbocycles. The normalized spacial score (nSPS) is 13.2. The average Bonchev–Trinajstić information content (AvgIpc) is 2.63. The third kappa shape index (κ3) is 3.20. The van der Waals surface area contributed by atoms with Crippen LogP contribution in [-0.4, -0.2) is 9.55 Å². The van der Waals surface area contributed by atoms with Gasteiger partial charge in [0, 0.05) is 10.0 Å². The summed E-state index contributed by atoms with van der Waals surface area (Å²) in [7, 11) is 0. The number of alkyl halides is 1. The summed E-state index contributed by atoms with van der Waals surface area (Å²) >= 11 is 9.68. The Morgan fingerprint density at radius 1 is 1.20 bits per heavy atom. The maximum atomic E-state index is 6.13. The molecule has 0 atom stereocenters. The van der Waals surface area contributed by atoms with Crippen LogP contribution in [0.25, 0.3) is 11.0 Å². The predicted octanol–water partition coefficient (Wildman–Crippen LogP) is 5.71. The molecule has 20 heavy (non-hydrogen) atoms. The van der Waals surface area contributed by atoms with Crippen molar-refractivity contribution in [3.8, 4) is 0 Å². The van der Waals surface area contributed by atoms with E-state index < -0.39 is 0 Å². The van der Waals surface area contributed by atoms with Gasteiger partial charge in [-0.1, -0.05) is 36.7 Å². The first-order chi connectivity index (χ1) is 9.14. The SMILES string of the molecule is CC(C)(C)CC(C)(C)n1c(CCl)nc2ccc(Br)cc21. The molecule has 0 aliphatic heterocycles. The van der Waals surface area contributed by atoms with Crippen molar-refractivity contribution in [2.24, 2.45) is 5.41 Å². The van der Waals surface area contributed by atoms with Gasteiger partial charge in [0.15, 0.2) is 0 Å². The molecule has 0 unspecified atom stereocenters. The minimum absolute atomic E-state index is 0.0297. The largest absolute Gasteiger partial charge is 0.321 e. The lowest BCUT2D eigenvalue weighted by molar-refractivity contribution is 0.216. The summed E-state index contributed by atoms with van der Waals surface area (Å²) in [5.74, 6) is 1.37. The molecule has 0 fully saturated rings. The number of rotatable bonds is 3. The summed E-state index contributed by atoms with van der Waals surface area (Å²) in [5, 5.41) is 0. The second-order valence-electron chi connectivity index (χ2n) is 7.18. The first kappa shape index (κ1) is 15.8. The minimum atomic E-state index is -0.0297. The zero-order valence-electron chi connectivity index (χ0n) is 12.8. The molecule has 2 nitrogen and oxygen atoms in total. The second-order valence-corrected chi connectivity index (χ2v) is 8.36. The minimum Gasteiger partial charge on any atom is -0.321 e. The summed E-state index contributed by atoms with van der Waals surface area (Å²) in [5.41, 5.74) is 2.36. The van der Waals surface area contributed by atoms with Crippen LogP contribution in [0.5, 0.6) is 0 Å². The van der Waals surface area contributed by atoms with E-state index in [9.17, 15) is 0 Å². The van der Waals surface area contributed by atoms with E-state index in [4.69, 9.17) is 11.6 Å². The summed E-state index contributed by atoms with van der Waals surface area (Å²) in [6, 6.07) is 6.19. The van der Waals surface area contributed by atoms with Gasteiger partial charge in [0.2, 0.25) is 0 Å². The van der Waals surface area contributed by atoms with Gasteiger partial charge in [-0.15, -0.1) is 11.6 Å². The topological polar surface area (TPSA) is 17.8 Å². The Morgan fingerprint density at radius 3 is 2.40 bits per heavy atom. The fourth-order valence-electron chi connectivity index (χ4n) is 3.24. The third-order valence-corrected chi connectivity index (χ3v) is 4.11. The Morgan fingerprint density at radius 2 is 1.85 bits per heavy atom. The summed E-state index contributed by atoms with van der Waals surface area (Å²) in [6.45, 7) is 11.3. The molecule has 110 valence electrons. The molecule has 0 amide bonds. The maximum absolute atomic E-state index is 6.13. The number of fused-ring (bicyclic) bond motifs is 1. The molecule has 1 heterocycles. The summed E-state index contributed by atoms with van der Waals surface area (Å²) < 4.78 is 3.37. The third-order valence-electron chi connectivity index (χ3n) is 3.37. The van der Waals surface area contributed by atoms with E-state index in [2.05, 4.69) is 66.2 Å². The zero-order valence-corrected chi connectivity index (χ0v) is 15.1. The number of nitrogens with zero attached hydrogens (tertiary/aromatic N) is 2. The molecular weight excluding hydrogens is 336 g/mol. The standard InChI is InChI=1S/C16H22BrClN2/c1-15(2,3)10-16(4,5)20-13-8-11(17)6-7-12(13)19-14(20)9-18/h6-8H,9-10H2,1-5H3. The van der Waals surface area contributed by atoms with Gasteiger partial charge in [-0.2, -0.15) is 0 Å². The van der Waals surface area contributed by atoms with E-state index in [1.807, 2.05) is 12.1 Å². The molecule has 2 aromatic rings. The van der Waals surface area contributed by atoms with Crippen LogP contribution < -0.4 is 0 Å². The Bertz CT molecular complexity index is 623. The van der Waals surface area contributed by atoms with Gasteiger partial charge in [-0.3, -0.25) is 0 Å². The predicted molar refractivity (Wildman–Crippen MR) is 90.4 cm³/mol. The van der Waals surface area contributed by atoms with Crippen LogP contribution in [0.15, 0.2) is 22.7 Å². The van der Waals surface area contributed by atoms with Gasteiger partial charge in [0.25, 0.3) is 0 Å². The lowest BCUT2D eigenvalue weighted by atomic mass is 9.81. The molecule has 1 aromatic heterocycles. The number of hydrogen-bond acceptors (Lipinski definition) is 1. The number of imidazole rings is 1. The monoisotopic (exact) mass is 356 g/mol. The zero-order chi connectivity index (χ0) is 15.1. The van der Waals surface area contributed by atoms with Crippen molar-refractivity contribution in [3.05, 3.63) is 28.5 Å². The first-order valence-corrected chi connectivity index (χ1v) is 8.20. The lowest BCUT2D eigenvalue weighted by Gasteiger charge is -2.35. The van der Waals surface area contributed by atoms with E-state index in [-0.39, 0.29) is 11.0 Å². The molecule has 1 aromatic carbocycles. The van der Waals surface area contributed by atoms with Gasteiger partial charge < -0.3 is 4.57 Å². The molecule has 0 saturated heterocycles. The highest BCUT2D eigenvalue weighted by atomic mass is 79.9. The van der Waals surface area contributed by atoms with Crippen molar-refractivity contribution >= 4 is 38.6 Å². The Hall–Kier alpha value is -0.540. The van der Waals surface area contributed by atoms with Crippen LogP contribution in [0, 0.1) is 5.41 Å². The highest BCUT2D eigenvalue weighted by molar-refractivity contribution is 9.10. The van der Waals surface area contributed by atoms with Crippen LogP contribution >= 0.6 is 27.5 Å². The molecule has 0 aliphatic rings. The Balaban J connectivity index is 2.64. The van der Waals surface area contributed by atoms with Gasteiger partial charge in [-0.05, 0) is 43.9 Å². The second kappa shape index (κ2) is 5.34. The lowest BCUT2D eigenvalue weighted by Crippen LogP contribution is -2.32. The van der Waals surface area contributed by atoms with Gasteiger partial charge in [-0.25, -0.2) is 4.98 Å². The molecule has 2 rings (SSSR count). The van der Waals surface area contributed by atoms with Gasteiger partial charge in [0.1, 0.15) is 5.82 Å². The fourth-order valence-corrected chi connectivity index (χ4v) is 3.77. The van der Waals surface area contributed by atoms with E-state index in [0.717, 1.165) is 27.8 Å². The van der Waals surface area contributed by atoms with Crippen molar-refractivity contribution in [1.29, 1.82) is 0 Å². The molecule has 0 radical (unpaired) electrons. The molecular formula is C16H22BrClN2. The maximum Gasteiger partial charge on any atom is 0.125 e. The average molecular weight is 358 g/mol. The molecule has 4 heteroatoms. The van der Waals surface area contributed by atoms with Crippen LogP contribution in [0.4, 0.5) is 0 Å². The van der Waals surface area contributed by atoms with Crippen molar-refractivity contribution < 1.29 is 0 Å². The van der Waals surface area contributed by atoms with Crippen LogP contribution in [-0.2, 0) is 11.4 Å². The van der Waals surface area contributed by atoms with Crippen LogP contribution in [0.1, 0.15) is 46.9 Å². The van der Waals surface area contributed by atoms with Crippen LogP contribution in [0.2, 0.25) is 0 Å². The highest BCUT2D eigenvalue weighted by Crippen LogP contribution is 2.36. The van der Waals surface area contributed by atoms with Crippen LogP contribution in [0.3, 0.4) is 0 Å². The first-order valence-electron chi connectivity index (χ1n) is 6.87.